The summed E-state index contributed by atoms with van der Waals surface area (Å²) in [5.41, 5.74) is 1.29. The fourth-order valence-electron chi connectivity index (χ4n) is 2.29. The van der Waals surface area contributed by atoms with Gasteiger partial charge in [-0.05, 0) is 30.2 Å². The number of carboxylic acids is 1. The van der Waals surface area contributed by atoms with Crippen LogP contribution in [0.25, 0.3) is 0 Å². The molecule has 0 atom stereocenters. The molecule has 0 heterocycles. The van der Waals surface area contributed by atoms with E-state index in [2.05, 4.69) is 26.0 Å². The van der Waals surface area contributed by atoms with E-state index in [0.717, 1.165) is 19.3 Å². The molecule has 2 nitrogen and oxygen atoms in total. The standard InChI is InChI=1S/C14H20O2/c1-3-14(4-2,11-10-13(15)16)12-8-6-5-7-9-12/h5-9H,3-4,10-11H2,1-2H3,(H,15,16). The van der Waals surface area contributed by atoms with E-state index in [1.165, 1.54) is 5.56 Å². The third-order valence-corrected chi connectivity index (χ3v) is 3.56. The predicted octanol–water partition coefficient (Wildman–Crippen LogP) is 3.61. The molecule has 0 bridgehead atoms. The van der Waals surface area contributed by atoms with Gasteiger partial charge in [0, 0.05) is 6.42 Å². The van der Waals surface area contributed by atoms with Gasteiger partial charge in [-0.25, -0.2) is 0 Å². The number of carbonyl (C=O) groups is 1. The lowest BCUT2D eigenvalue weighted by molar-refractivity contribution is -0.137. The molecule has 16 heavy (non-hydrogen) atoms. The van der Waals surface area contributed by atoms with E-state index in [-0.39, 0.29) is 11.8 Å². The summed E-state index contributed by atoms with van der Waals surface area (Å²) in [4.78, 5) is 10.7. The monoisotopic (exact) mass is 220 g/mol. The van der Waals surface area contributed by atoms with Crippen LogP contribution in [0.1, 0.15) is 45.1 Å². The Morgan fingerprint density at radius 3 is 2.19 bits per heavy atom. The molecule has 88 valence electrons. The number of benzene rings is 1. The van der Waals surface area contributed by atoms with Crippen molar-refractivity contribution in [2.45, 2.75) is 44.9 Å². The van der Waals surface area contributed by atoms with Gasteiger partial charge in [0.2, 0.25) is 0 Å². The van der Waals surface area contributed by atoms with Crippen LogP contribution in [0.5, 0.6) is 0 Å². The summed E-state index contributed by atoms with van der Waals surface area (Å²) in [7, 11) is 0. The molecule has 0 amide bonds. The van der Waals surface area contributed by atoms with Gasteiger partial charge in [0.25, 0.3) is 0 Å². The summed E-state index contributed by atoms with van der Waals surface area (Å²) in [6, 6.07) is 10.3. The quantitative estimate of drug-likeness (QED) is 0.795. The average Bonchev–Trinajstić information content (AvgIpc) is 2.32. The molecule has 0 aliphatic rings. The van der Waals surface area contributed by atoms with E-state index in [4.69, 9.17) is 5.11 Å². The highest BCUT2D eigenvalue weighted by Crippen LogP contribution is 2.36. The van der Waals surface area contributed by atoms with Crippen LogP contribution in [0.3, 0.4) is 0 Å². The topological polar surface area (TPSA) is 37.3 Å². The van der Waals surface area contributed by atoms with Gasteiger partial charge in [0.1, 0.15) is 0 Å². The van der Waals surface area contributed by atoms with Crippen molar-refractivity contribution in [1.82, 2.24) is 0 Å². The Bertz CT molecular complexity index is 326. The van der Waals surface area contributed by atoms with Crippen LogP contribution in [0.15, 0.2) is 30.3 Å². The van der Waals surface area contributed by atoms with Crippen molar-refractivity contribution >= 4 is 5.97 Å². The molecular formula is C14H20O2. The van der Waals surface area contributed by atoms with Crippen molar-refractivity contribution in [2.24, 2.45) is 0 Å². The molecule has 1 rings (SSSR count). The third kappa shape index (κ3) is 2.84. The zero-order chi connectivity index (χ0) is 12.0. The summed E-state index contributed by atoms with van der Waals surface area (Å²) in [6.45, 7) is 4.27. The summed E-state index contributed by atoms with van der Waals surface area (Å²) >= 11 is 0. The zero-order valence-electron chi connectivity index (χ0n) is 10.1. The first-order valence-electron chi connectivity index (χ1n) is 5.92. The van der Waals surface area contributed by atoms with Crippen molar-refractivity contribution in [3.8, 4) is 0 Å². The van der Waals surface area contributed by atoms with Crippen molar-refractivity contribution < 1.29 is 9.90 Å². The Labute approximate surface area is 97.3 Å². The van der Waals surface area contributed by atoms with E-state index >= 15 is 0 Å². The minimum absolute atomic E-state index is 0.0274. The Morgan fingerprint density at radius 1 is 1.19 bits per heavy atom. The number of carboxylic acid groups (broad SMARTS) is 1. The highest BCUT2D eigenvalue weighted by Gasteiger charge is 2.28. The minimum Gasteiger partial charge on any atom is -0.481 e. The number of aliphatic carboxylic acids is 1. The lowest BCUT2D eigenvalue weighted by Gasteiger charge is -2.32. The first-order valence-corrected chi connectivity index (χ1v) is 5.92. The van der Waals surface area contributed by atoms with Crippen LogP contribution in [-0.2, 0) is 10.2 Å². The smallest absolute Gasteiger partial charge is 0.303 e. The number of hydrogen-bond acceptors (Lipinski definition) is 1. The highest BCUT2D eigenvalue weighted by molar-refractivity contribution is 5.66. The summed E-state index contributed by atoms with van der Waals surface area (Å²) in [5.74, 6) is -0.706. The summed E-state index contributed by atoms with van der Waals surface area (Å²) in [6.07, 6.45) is 2.94. The van der Waals surface area contributed by atoms with E-state index in [1.807, 2.05) is 18.2 Å². The van der Waals surface area contributed by atoms with Crippen molar-refractivity contribution in [3.63, 3.8) is 0 Å². The van der Waals surface area contributed by atoms with Gasteiger partial charge >= 0.3 is 5.97 Å². The molecule has 0 saturated carbocycles. The van der Waals surface area contributed by atoms with Gasteiger partial charge in [-0.2, -0.15) is 0 Å². The molecule has 0 saturated heterocycles. The molecule has 0 aliphatic carbocycles. The lowest BCUT2D eigenvalue weighted by atomic mass is 9.72. The van der Waals surface area contributed by atoms with Crippen molar-refractivity contribution in [2.75, 3.05) is 0 Å². The van der Waals surface area contributed by atoms with Crippen LogP contribution >= 0.6 is 0 Å². The number of rotatable bonds is 6. The first-order chi connectivity index (χ1) is 7.64. The summed E-state index contributed by atoms with van der Waals surface area (Å²) < 4.78 is 0. The van der Waals surface area contributed by atoms with Crippen LogP contribution in [-0.4, -0.2) is 11.1 Å². The number of hydrogen-bond donors (Lipinski definition) is 1. The maximum atomic E-state index is 10.7. The van der Waals surface area contributed by atoms with Gasteiger partial charge in [0.15, 0.2) is 0 Å². The third-order valence-electron chi connectivity index (χ3n) is 3.56. The predicted molar refractivity (Wildman–Crippen MR) is 65.6 cm³/mol. The second-order valence-corrected chi connectivity index (χ2v) is 4.25. The minimum atomic E-state index is -0.706. The highest BCUT2D eigenvalue weighted by atomic mass is 16.4. The van der Waals surface area contributed by atoms with Gasteiger partial charge in [-0.3, -0.25) is 4.79 Å². The SMILES string of the molecule is CCC(CC)(CCC(=O)O)c1ccccc1. The largest absolute Gasteiger partial charge is 0.481 e. The molecule has 1 aromatic rings. The average molecular weight is 220 g/mol. The molecule has 0 spiro atoms. The van der Waals surface area contributed by atoms with Crippen LogP contribution in [0.2, 0.25) is 0 Å². The van der Waals surface area contributed by atoms with Crippen LogP contribution < -0.4 is 0 Å². The van der Waals surface area contributed by atoms with E-state index < -0.39 is 5.97 Å². The van der Waals surface area contributed by atoms with Crippen molar-refractivity contribution in [3.05, 3.63) is 35.9 Å². The van der Waals surface area contributed by atoms with Crippen LogP contribution in [0.4, 0.5) is 0 Å². The normalized spacial score (nSPS) is 11.4. The molecular weight excluding hydrogens is 200 g/mol. The molecule has 1 aromatic carbocycles. The molecule has 0 unspecified atom stereocenters. The maximum Gasteiger partial charge on any atom is 0.303 e. The Hall–Kier alpha value is -1.31. The Morgan fingerprint density at radius 2 is 1.75 bits per heavy atom. The molecule has 0 radical (unpaired) electrons. The first kappa shape index (κ1) is 12.8. The second kappa shape index (κ2) is 5.69. The zero-order valence-corrected chi connectivity index (χ0v) is 10.1. The van der Waals surface area contributed by atoms with E-state index in [0.29, 0.717) is 0 Å². The Kier molecular flexibility index (Phi) is 4.53. The van der Waals surface area contributed by atoms with E-state index in [9.17, 15) is 4.79 Å². The lowest BCUT2D eigenvalue weighted by Crippen LogP contribution is -2.25. The fourth-order valence-corrected chi connectivity index (χ4v) is 2.29. The van der Waals surface area contributed by atoms with Gasteiger partial charge in [-0.1, -0.05) is 44.2 Å². The molecule has 2 heteroatoms. The molecule has 1 N–H and O–H groups in total. The second-order valence-electron chi connectivity index (χ2n) is 4.25. The van der Waals surface area contributed by atoms with Gasteiger partial charge in [0.05, 0.1) is 0 Å². The van der Waals surface area contributed by atoms with Crippen LogP contribution in [0, 0.1) is 0 Å². The maximum absolute atomic E-state index is 10.7. The van der Waals surface area contributed by atoms with Gasteiger partial charge in [-0.15, -0.1) is 0 Å². The molecule has 0 fully saturated rings. The van der Waals surface area contributed by atoms with E-state index in [1.54, 1.807) is 0 Å². The molecule has 0 aliphatic heterocycles. The van der Waals surface area contributed by atoms with Gasteiger partial charge < -0.3 is 5.11 Å². The Balaban J connectivity index is 2.92. The molecule has 0 aromatic heterocycles. The summed E-state index contributed by atoms with van der Waals surface area (Å²) in [5, 5.41) is 8.81. The fraction of sp³-hybridized carbons (Fsp3) is 0.500. The van der Waals surface area contributed by atoms with Crippen molar-refractivity contribution in [1.29, 1.82) is 0 Å².